The average Bonchev–Trinajstić information content (AvgIpc) is 2.11. The van der Waals surface area contributed by atoms with Crippen molar-refractivity contribution in [1.82, 2.24) is 0 Å². The number of carbonyl (C=O) groups is 1. The predicted molar refractivity (Wildman–Crippen MR) is 56.1 cm³/mol. The van der Waals surface area contributed by atoms with Crippen LogP contribution in [0.2, 0.25) is 0 Å². The SMILES string of the molecule is COCCC(C)C(=O)CC1(N)CCC1. The topological polar surface area (TPSA) is 52.3 Å². The molecule has 0 radical (unpaired) electrons. The third-order valence-electron chi connectivity index (χ3n) is 3.18. The summed E-state index contributed by atoms with van der Waals surface area (Å²) >= 11 is 0. The summed E-state index contributed by atoms with van der Waals surface area (Å²) in [6.07, 6.45) is 4.56. The Hall–Kier alpha value is -0.410. The molecule has 1 fully saturated rings. The summed E-state index contributed by atoms with van der Waals surface area (Å²) in [5, 5.41) is 0. The second kappa shape index (κ2) is 4.89. The molecule has 3 nitrogen and oxygen atoms in total. The molecule has 0 aromatic carbocycles. The minimum absolute atomic E-state index is 0.0935. The molecule has 3 heteroatoms. The maximum atomic E-state index is 11.7. The molecule has 1 unspecified atom stereocenters. The van der Waals surface area contributed by atoms with Gasteiger partial charge in [-0.3, -0.25) is 4.79 Å². The Morgan fingerprint density at radius 3 is 2.64 bits per heavy atom. The number of carbonyl (C=O) groups excluding carboxylic acids is 1. The van der Waals surface area contributed by atoms with Gasteiger partial charge in [0.25, 0.3) is 0 Å². The summed E-state index contributed by atoms with van der Waals surface area (Å²) in [6, 6.07) is 0. The normalized spacial score (nSPS) is 21.4. The van der Waals surface area contributed by atoms with Crippen LogP contribution in [0.25, 0.3) is 0 Å². The fourth-order valence-corrected chi connectivity index (χ4v) is 1.78. The van der Waals surface area contributed by atoms with Crippen LogP contribution in [0.5, 0.6) is 0 Å². The summed E-state index contributed by atoms with van der Waals surface area (Å²) < 4.78 is 4.95. The number of hydrogen-bond acceptors (Lipinski definition) is 3. The highest BCUT2D eigenvalue weighted by molar-refractivity contribution is 5.81. The van der Waals surface area contributed by atoms with Gasteiger partial charge in [0.15, 0.2) is 0 Å². The van der Waals surface area contributed by atoms with Gasteiger partial charge >= 0.3 is 0 Å². The first-order chi connectivity index (χ1) is 6.57. The van der Waals surface area contributed by atoms with E-state index in [2.05, 4.69) is 0 Å². The Morgan fingerprint density at radius 1 is 1.57 bits per heavy atom. The van der Waals surface area contributed by atoms with Crippen molar-refractivity contribution in [3.05, 3.63) is 0 Å². The lowest BCUT2D eigenvalue weighted by molar-refractivity contribution is -0.124. The van der Waals surface area contributed by atoms with E-state index >= 15 is 0 Å². The van der Waals surface area contributed by atoms with Crippen molar-refractivity contribution in [3.8, 4) is 0 Å². The zero-order chi connectivity index (χ0) is 10.6. The lowest BCUT2D eigenvalue weighted by Crippen LogP contribution is -2.48. The van der Waals surface area contributed by atoms with Gasteiger partial charge in [-0.2, -0.15) is 0 Å². The molecular weight excluding hydrogens is 178 g/mol. The van der Waals surface area contributed by atoms with Crippen molar-refractivity contribution < 1.29 is 9.53 Å². The van der Waals surface area contributed by atoms with Gasteiger partial charge in [-0.15, -0.1) is 0 Å². The number of hydrogen-bond donors (Lipinski definition) is 1. The van der Waals surface area contributed by atoms with E-state index in [9.17, 15) is 4.79 Å². The zero-order valence-electron chi connectivity index (χ0n) is 9.21. The summed E-state index contributed by atoms with van der Waals surface area (Å²) in [6.45, 7) is 2.62. The van der Waals surface area contributed by atoms with Gasteiger partial charge in [0, 0.05) is 31.6 Å². The molecule has 0 aromatic rings. The standard InChI is InChI=1S/C11H21NO2/c1-9(4-7-14-2)10(13)8-11(12)5-3-6-11/h9H,3-8,12H2,1-2H3. The first-order valence-electron chi connectivity index (χ1n) is 5.38. The van der Waals surface area contributed by atoms with Crippen LogP contribution in [0.15, 0.2) is 0 Å². The molecule has 0 bridgehead atoms. The number of ketones is 1. The first-order valence-corrected chi connectivity index (χ1v) is 5.38. The molecule has 0 heterocycles. The van der Waals surface area contributed by atoms with E-state index in [1.54, 1.807) is 7.11 Å². The Labute approximate surface area is 86.0 Å². The largest absolute Gasteiger partial charge is 0.385 e. The van der Waals surface area contributed by atoms with E-state index in [1.807, 2.05) is 6.92 Å². The van der Waals surface area contributed by atoms with Crippen LogP contribution in [-0.2, 0) is 9.53 Å². The summed E-state index contributed by atoms with van der Waals surface area (Å²) in [5.74, 6) is 0.389. The van der Waals surface area contributed by atoms with E-state index < -0.39 is 0 Å². The van der Waals surface area contributed by atoms with Gasteiger partial charge in [0.1, 0.15) is 5.78 Å². The molecule has 82 valence electrons. The minimum Gasteiger partial charge on any atom is -0.385 e. The van der Waals surface area contributed by atoms with Crippen molar-refractivity contribution in [3.63, 3.8) is 0 Å². The van der Waals surface area contributed by atoms with E-state index in [-0.39, 0.29) is 11.5 Å². The van der Waals surface area contributed by atoms with E-state index in [1.165, 1.54) is 6.42 Å². The first kappa shape index (κ1) is 11.7. The summed E-state index contributed by atoms with van der Waals surface area (Å²) in [5.41, 5.74) is 5.85. The third kappa shape index (κ3) is 3.07. The quantitative estimate of drug-likeness (QED) is 0.705. The number of ether oxygens (including phenoxy) is 1. The van der Waals surface area contributed by atoms with Crippen molar-refractivity contribution >= 4 is 5.78 Å². The van der Waals surface area contributed by atoms with E-state index in [0.29, 0.717) is 18.8 Å². The van der Waals surface area contributed by atoms with Crippen LogP contribution >= 0.6 is 0 Å². The van der Waals surface area contributed by atoms with Crippen LogP contribution in [0.3, 0.4) is 0 Å². The van der Waals surface area contributed by atoms with Gasteiger partial charge in [-0.1, -0.05) is 6.92 Å². The van der Waals surface area contributed by atoms with Crippen molar-refractivity contribution in [2.75, 3.05) is 13.7 Å². The number of methoxy groups -OCH3 is 1. The highest BCUT2D eigenvalue weighted by Crippen LogP contribution is 2.33. The lowest BCUT2D eigenvalue weighted by atomic mass is 9.73. The molecule has 2 N–H and O–H groups in total. The number of nitrogens with two attached hydrogens (primary N) is 1. The molecule has 0 aliphatic heterocycles. The molecule has 0 spiro atoms. The number of rotatable bonds is 6. The van der Waals surface area contributed by atoms with Crippen LogP contribution in [-0.4, -0.2) is 25.0 Å². The fourth-order valence-electron chi connectivity index (χ4n) is 1.78. The molecule has 0 aromatic heterocycles. The predicted octanol–water partition coefficient (Wildman–Crippen LogP) is 1.50. The lowest BCUT2D eigenvalue weighted by Gasteiger charge is -2.38. The molecular formula is C11H21NO2. The van der Waals surface area contributed by atoms with E-state index in [0.717, 1.165) is 19.3 Å². The molecule has 1 rings (SSSR count). The molecule has 1 aliphatic carbocycles. The molecule has 14 heavy (non-hydrogen) atoms. The fraction of sp³-hybridized carbons (Fsp3) is 0.909. The molecule has 1 saturated carbocycles. The summed E-state index contributed by atoms with van der Waals surface area (Å²) in [7, 11) is 1.66. The maximum Gasteiger partial charge on any atom is 0.137 e. The van der Waals surface area contributed by atoms with Crippen LogP contribution in [0.4, 0.5) is 0 Å². The highest BCUT2D eigenvalue weighted by Gasteiger charge is 2.35. The maximum absolute atomic E-state index is 11.7. The molecule has 0 saturated heterocycles. The monoisotopic (exact) mass is 199 g/mol. The van der Waals surface area contributed by atoms with Crippen LogP contribution in [0, 0.1) is 5.92 Å². The number of Topliss-reactive ketones (excluding diaryl/α,β-unsaturated/α-hetero) is 1. The average molecular weight is 199 g/mol. The van der Waals surface area contributed by atoms with Crippen molar-refractivity contribution in [2.24, 2.45) is 11.7 Å². The Balaban J connectivity index is 2.26. The smallest absolute Gasteiger partial charge is 0.137 e. The molecule has 1 atom stereocenters. The Bertz CT molecular complexity index is 199. The zero-order valence-corrected chi connectivity index (χ0v) is 9.21. The Morgan fingerprint density at radius 2 is 2.21 bits per heavy atom. The van der Waals surface area contributed by atoms with Gasteiger partial charge < -0.3 is 10.5 Å². The minimum atomic E-state index is -0.168. The Kier molecular flexibility index (Phi) is 4.08. The second-order valence-electron chi connectivity index (χ2n) is 4.54. The van der Waals surface area contributed by atoms with Gasteiger partial charge in [-0.25, -0.2) is 0 Å². The molecule has 1 aliphatic rings. The van der Waals surface area contributed by atoms with Crippen molar-refractivity contribution in [1.29, 1.82) is 0 Å². The van der Waals surface area contributed by atoms with Crippen molar-refractivity contribution in [2.45, 2.75) is 44.6 Å². The second-order valence-corrected chi connectivity index (χ2v) is 4.54. The summed E-state index contributed by atoms with van der Waals surface area (Å²) in [4.78, 5) is 11.7. The highest BCUT2D eigenvalue weighted by atomic mass is 16.5. The van der Waals surface area contributed by atoms with Gasteiger partial charge in [-0.05, 0) is 25.7 Å². The van der Waals surface area contributed by atoms with Crippen LogP contribution in [0.1, 0.15) is 39.0 Å². The van der Waals surface area contributed by atoms with Crippen LogP contribution < -0.4 is 5.73 Å². The van der Waals surface area contributed by atoms with Gasteiger partial charge in [0.2, 0.25) is 0 Å². The van der Waals surface area contributed by atoms with Gasteiger partial charge in [0.05, 0.1) is 0 Å². The third-order valence-corrected chi connectivity index (χ3v) is 3.18. The molecule has 0 amide bonds. The van der Waals surface area contributed by atoms with E-state index in [4.69, 9.17) is 10.5 Å².